The third-order valence-electron chi connectivity index (χ3n) is 7.70. The molecule has 1 heterocycles. The number of carboxylic acids is 1. The summed E-state index contributed by atoms with van der Waals surface area (Å²) in [6.07, 6.45) is 1.03. The van der Waals surface area contributed by atoms with Crippen LogP contribution in [0.2, 0.25) is 25.7 Å². The van der Waals surface area contributed by atoms with Crippen molar-refractivity contribution in [1.82, 2.24) is 14.8 Å². The molecule has 3 N–H and O–H groups in total. The maximum absolute atomic E-state index is 15.0. The van der Waals surface area contributed by atoms with E-state index in [0.29, 0.717) is 12.1 Å². The SMILES string of the molecule is CC(C)(C)[C@H](c1cc(-c2cc(F)ccc2F)cn1Cc1ccccc1)N(CC[C@H](NC(=O)OCC[Si](C)(C)C)C(=O)O)COCCO. The number of benzene rings is 2. The molecule has 0 saturated heterocycles. The first-order valence-corrected chi connectivity index (χ1v) is 19.6. The lowest BCUT2D eigenvalue weighted by Gasteiger charge is -2.41. The van der Waals surface area contributed by atoms with Crippen LogP contribution in [0.1, 0.15) is 44.5 Å². The van der Waals surface area contributed by atoms with Crippen molar-refractivity contribution in [2.24, 2.45) is 5.41 Å². The molecule has 1 aromatic heterocycles. The standard InChI is InChI=1S/C35H49F2N3O6Si/c1-35(2,3)32(39(24-45-17-16-41)15-14-30(33(42)43)38-34(44)46-18-19-47(4,5)6)31-20-26(28-21-27(36)12-13-29(28)37)23-40(31)22-25-10-8-7-9-11-25/h7-13,20-21,23,30,32,41H,14-19,22,24H2,1-6H3,(H,38,44)(H,42,43)/t30-,32-/m0/s1. The highest BCUT2D eigenvalue weighted by Crippen LogP contribution is 2.41. The number of carbonyl (C=O) groups is 2. The van der Waals surface area contributed by atoms with Crippen molar-refractivity contribution in [1.29, 1.82) is 0 Å². The highest BCUT2D eigenvalue weighted by molar-refractivity contribution is 6.76. The van der Waals surface area contributed by atoms with Crippen LogP contribution in [0.25, 0.3) is 11.1 Å². The highest BCUT2D eigenvalue weighted by Gasteiger charge is 2.36. The molecule has 47 heavy (non-hydrogen) atoms. The largest absolute Gasteiger partial charge is 0.480 e. The third kappa shape index (κ3) is 11.9. The van der Waals surface area contributed by atoms with Crippen LogP contribution in [-0.4, -0.2) is 79.0 Å². The number of hydrogen-bond acceptors (Lipinski definition) is 6. The second kappa shape index (κ2) is 17.0. The Balaban J connectivity index is 2.00. The first-order chi connectivity index (χ1) is 22.1. The molecule has 12 heteroatoms. The topological polar surface area (TPSA) is 113 Å². The van der Waals surface area contributed by atoms with E-state index in [4.69, 9.17) is 9.47 Å². The van der Waals surface area contributed by atoms with Crippen molar-refractivity contribution in [2.75, 3.05) is 33.1 Å². The van der Waals surface area contributed by atoms with Crippen molar-refractivity contribution in [3.05, 3.63) is 83.7 Å². The van der Waals surface area contributed by atoms with Gasteiger partial charge in [-0.2, -0.15) is 0 Å². The summed E-state index contributed by atoms with van der Waals surface area (Å²) in [4.78, 5) is 26.7. The monoisotopic (exact) mass is 673 g/mol. The van der Waals surface area contributed by atoms with Crippen LogP contribution < -0.4 is 5.32 Å². The Morgan fingerprint density at radius 2 is 1.74 bits per heavy atom. The van der Waals surface area contributed by atoms with Gasteiger partial charge in [0.2, 0.25) is 0 Å². The Morgan fingerprint density at radius 1 is 1.04 bits per heavy atom. The van der Waals surface area contributed by atoms with Gasteiger partial charge in [0.15, 0.2) is 0 Å². The van der Waals surface area contributed by atoms with E-state index in [0.717, 1.165) is 29.4 Å². The number of aromatic nitrogens is 1. The van der Waals surface area contributed by atoms with Gasteiger partial charge in [-0.25, -0.2) is 18.4 Å². The predicted octanol–water partition coefficient (Wildman–Crippen LogP) is 6.74. The van der Waals surface area contributed by atoms with E-state index in [-0.39, 0.29) is 45.1 Å². The fraction of sp³-hybridized carbons (Fsp3) is 0.486. The van der Waals surface area contributed by atoms with E-state index in [2.05, 4.69) is 25.0 Å². The molecule has 0 unspecified atom stereocenters. The number of alkyl carbamates (subject to hydrolysis) is 1. The molecule has 2 aromatic carbocycles. The van der Waals surface area contributed by atoms with Crippen molar-refractivity contribution in [3.63, 3.8) is 0 Å². The number of nitrogens with zero attached hydrogens (tertiary/aromatic N) is 2. The molecular weight excluding hydrogens is 624 g/mol. The van der Waals surface area contributed by atoms with Gasteiger partial charge in [-0.3, -0.25) is 4.90 Å². The van der Waals surface area contributed by atoms with Gasteiger partial charge < -0.3 is 29.6 Å². The van der Waals surface area contributed by atoms with E-state index in [1.165, 1.54) is 6.07 Å². The van der Waals surface area contributed by atoms with Crippen LogP contribution in [-0.2, 0) is 20.8 Å². The Kier molecular flexibility index (Phi) is 13.7. The van der Waals surface area contributed by atoms with Crippen LogP contribution >= 0.6 is 0 Å². The summed E-state index contributed by atoms with van der Waals surface area (Å²) in [5.41, 5.74) is 1.91. The second-order valence-corrected chi connectivity index (χ2v) is 19.6. The smallest absolute Gasteiger partial charge is 0.407 e. The summed E-state index contributed by atoms with van der Waals surface area (Å²) in [6.45, 7) is 13.3. The van der Waals surface area contributed by atoms with Crippen molar-refractivity contribution in [2.45, 2.75) is 71.5 Å². The number of aliphatic carboxylic acids is 1. The molecular formula is C35H49F2N3O6Si. The Hall–Kier alpha value is -3.58. The minimum absolute atomic E-state index is 0.0261. The van der Waals surface area contributed by atoms with Gasteiger partial charge in [0.05, 0.1) is 32.6 Å². The number of aliphatic hydroxyl groups excluding tert-OH is 1. The van der Waals surface area contributed by atoms with Crippen molar-refractivity contribution >= 4 is 20.1 Å². The number of carbonyl (C=O) groups excluding carboxylic acids is 1. The number of rotatable bonds is 17. The molecule has 258 valence electrons. The Morgan fingerprint density at radius 3 is 2.36 bits per heavy atom. The summed E-state index contributed by atoms with van der Waals surface area (Å²) in [7, 11) is -1.45. The normalized spacial score (nSPS) is 13.4. The van der Waals surface area contributed by atoms with Gasteiger partial charge in [0.1, 0.15) is 17.7 Å². The number of aliphatic hydroxyl groups is 1. The fourth-order valence-corrected chi connectivity index (χ4v) is 6.13. The lowest BCUT2D eigenvalue weighted by atomic mass is 9.83. The van der Waals surface area contributed by atoms with Gasteiger partial charge in [0.25, 0.3) is 0 Å². The van der Waals surface area contributed by atoms with Crippen LogP contribution in [0.4, 0.5) is 13.6 Å². The van der Waals surface area contributed by atoms with Crippen molar-refractivity contribution in [3.8, 4) is 11.1 Å². The number of hydrogen-bond donors (Lipinski definition) is 3. The first kappa shape index (κ1) is 37.9. The number of nitrogens with one attached hydrogen (secondary N) is 1. The zero-order chi connectivity index (χ0) is 34.8. The molecule has 0 aliphatic heterocycles. The minimum Gasteiger partial charge on any atom is -0.480 e. The second-order valence-electron chi connectivity index (χ2n) is 14.0. The van der Waals surface area contributed by atoms with Crippen LogP contribution in [0.3, 0.4) is 0 Å². The Bertz CT molecular complexity index is 1460. The third-order valence-corrected chi connectivity index (χ3v) is 9.41. The van der Waals surface area contributed by atoms with Crippen LogP contribution in [0, 0.1) is 17.0 Å². The van der Waals surface area contributed by atoms with E-state index in [1.54, 1.807) is 6.20 Å². The molecule has 0 fully saturated rings. The lowest BCUT2D eigenvalue weighted by molar-refractivity contribution is -0.139. The summed E-state index contributed by atoms with van der Waals surface area (Å²) < 4.78 is 42.4. The molecule has 0 saturated carbocycles. The van der Waals surface area contributed by atoms with Crippen molar-refractivity contribution < 1.29 is 38.1 Å². The first-order valence-electron chi connectivity index (χ1n) is 15.9. The lowest BCUT2D eigenvalue weighted by Crippen LogP contribution is -2.46. The summed E-state index contributed by atoms with van der Waals surface area (Å²) in [6, 6.07) is 14.0. The number of halogens is 2. The highest BCUT2D eigenvalue weighted by atomic mass is 28.3. The molecule has 1 amide bonds. The van der Waals surface area contributed by atoms with E-state index in [9.17, 15) is 24.2 Å². The van der Waals surface area contributed by atoms with Gasteiger partial charge in [0, 0.05) is 44.2 Å². The maximum Gasteiger partial charge on any atom is 0.407 e. The van der Waals surface area contributed by atoms with E-state index in [1.807, 2.05) is 66.6 Å². The zero-order valence-corrected chi connectivity index (χ0v) is 29.3. The summed E-state index contributed by atoms with van der Waals surface area (Å²) in [5, 5.41) is 21.9. The van der Waals surface area contributed by atoms with E-state index >= 15 is 4.39 Å². The van der Waals surface area contributed by atoms with Gasteiger partial charge >= 0.3 is 12.1 Å². The van der Waals surface area contributed by atoms with E-state index < -0.39 is 49.3 Å². The molecule has 2 atom stereocenters. The molecule has 3 rings (SSSR count). The van der Waals surface area contributed by atoms with Gasteiger partial charge in [-0.15, -0.1) is 0 Å². The zero-order valence-electron chi connectivity index (χ0n) is 28.3. The molecule has 9 nitrogen and oxygen atoms in total. The fourth-order valence-electron chi connectivity index (χ4n) is 5.42. The maximum atomic E-state index is 15.0. The molecule has 0 radical (unpaired) electrons. The van der Waals surface area contributed by atoms with Crippen LogP contribution in [0.5, 0.6) is 0 Å². The number of amides is 1. The molecule has 0 spiro atoms. The minimum atomic E-state index is -1.45. The van der Waals surface area contributed by atoms with Gasteiger partial charge in [-0.1, -0.05) is 70.7 Å². The average molecular weight is 674 g/mol. The van der Waals surface area contributed by atoms with Gasteiger partial charge in [-0.05, 0) is 47.7 Å². The number of ether oxygens (including phenoxy) is 2. The predicted molar refractivity (Wildman–Crippen MR) is 181 cm³/mol. The molecule has 3 aromatic rings. The number of carboxylic acid groups (broad SMARTS) is 1. The average Bonchev–Trinajstić information content (AvgIpc) is 3.37. The molecule has 0 aliphatic carbocycles. The molecule has 0 bridgehead atoms. The molecule has 0 aliphatic rings. The Labute approximate surface area is 277 Å². The summed E-state index contributed by atoms with van der Waals surface area (Å²) in [5.74, 6) is -2.32. The summed E-state index contributed by atoms with van der Waals surface area (Å²) >= 11 is 0. The van der Waals surface area contributed by atoms with Crippen LogP contribution in [0.15, 0.2) is 60.8 Å². The quantitative estimate of drug-likeness (QED) is 0.0826.